The van der Waals surface area contributed by atoms with Crippen LogP contribution in [0.4, 0.5) is 4.79 Å². The number of thiazole rings is 1. The van der Waals surface area contributed by atoms with Gasteiger partial charge in [0.25, 0.3) is 0 Å². The lowest BCUT2D eigenvalue weighted by Gasteiger charge is -2.38. The van der Waals surface area contributed by atoms with Gasteiger partial charge in [-0.15, -0.1) is 11.3 Å². The van der Waals surface area contributed by atoms with E-state index in [4.69, 9.17) is 10.2 Å². The normalized spacial score (nSPS) is 15.7. The second-order valence-electron chi connectivity index (χ2n) is 15.0. The van der Waals surface area contributed by atoms with Crippen LogP contribution in [-0.2, 0) is 27.8 Å². The summed E-state index contributed by atoms with van der Waals surface area (Å²) in [5.74, 6) is -0.514. The molecule has 5 rings (SSSR count). The van der Waals surface area contributed by atoms with E-state index in [2.05, 4.69) is 15.5 Å². The SMILES string of the molecule is CC(C)CN(C[C@@H](O)[C@H](Cc1ccccc1)NC(=O)[C@@H](N1CCN(Cc2csc(-c3cccnc3)n2)C1=O)C(C)(C)C)S(=O)(=O)c1ccc(C=NO)cc1. The fourth-order valence-corrected chi connectivity index (χ4v) is 8.98. The van der Waals surface area contributed by atoms with Crippen molar-refractivity contribution >= 4 is 39.5 Å². The lowest BCUT2D eigenvalue weighted by atomic mass is 9.84. The third kappa shape index (κ3) is 10.1. The lowest BCUT2D eigenvalue weighted by molar-refractivity contribution is -0.130. The van der Waals surface area contributed by atoms with E-state index in [-0.39, 0.29) is 42.9 Å². The molecular weight excluding hydrogens is 727 g/mol. The molecule has 288 valence electrons. The van der Waals surface area contributed by atoms with E-state index in [9.17, 15) is 23.1 Å². The minimum absolute atomic E-state index is 0.0185. The molecule has 0 bridgehead atoms. The number of rotatable bonds is 16. The Morgan fingerprint density at radius 3 is 2.41 bits per heavy atom. The van der Waals surface area contributed by atoms with Crippen LogP contribution >= 0.6 is 11.3 Å². The average Bonchev–Trinajstić information content (AvgIpc) is 3.74. The highest BCUT2D eigenvalue weighted by molar-refractivity contribution is 7.89. The van der Waals surface area contributed by atoms with Gasteiger partial charge in [0.05, 0.1) is 35.5 Å². The number of carbonyl (C=O) groups is 2. The molecule has 1 aliphatic rings. The predicted octanol–water partition coefficient (Wildman–Crippen LogP) is 5.10. The third-order valence-corrected chi connectivity index (χ3v) is 11.9. The Labute approximate surface area is 321 Å². The number of aliphatic hydroxyl groups excluding tert-OH is 1. The molecule has 2 aromatic heterocycles. The van der Waals surface area contributed by atoms with Gasteiger partial charge >= 0.3 is 6.03 Å². The highest BCUT2D eigenvalue weighted by Gasteiger charge is 2.44. The smallest absolute Gasteiger partial charge is 0.321 e. The van der Waals surface area contributed by atoms with Gasteiger partial charge < -0.3 is 25.4 Å². The Balaban J connectivity index is 1.36. The Morgan fingerprint density at radius 1 is 1.06 bits per heavy atom. The second kappa shape index (κ2) is 17.6. The van der Waals surface area contributed by atoms with Crippen molar-refractivity contribution in [2.75, 3.05) is 26.2 Å². The first-order valence-electron chi connectivity index (χ1n) is 17.9. The van der Waals surface area contributed by atoms with E-state index < -0.39 is 39.5 Å². The number of urea groups is 1. The summed E-state index contributed by atoms with van der Waals surface area (Å²) >= 11 is 1.48. The summed E-state index contributed by atoms with van der Waals surface area (Å²) in [6.07, 6.45) is 3.55. The summed E-state index contributed by atoms with van der Waals surface area (Å²) in [5, 5.41) is 29.5. The second-order valence-corrected chi connectivity index (χ2v) is 17.7. The van der Waals surface area contributed by atoms with Gasteiger partial charge in [-0.3, -0.25) is 9.78 Å². The lowest BCUT2D eigenvalue weighted by Crippen LogP contribution is -2.59. The van der Waals surface area contributed by atoms with Crippen LogP contribution in [0.25, 0.3) is 10.6 Å². The van der Waals surface area contributed by atoms with Crippen molar-refractivity contribution in [3.05, 3.63) is 101 Å². The molecule has 15 heteroatoms. The number of amides is 3. The topological polar surface area (TPSA) is 169 Å². The van der Waals surface area contributed by atoms with Gasteiger partial charge in [-0.1, -0.05) is 82.2 Å². The number of hydrogen-bond acceptors (Lipinski definition) is 10. The minimum atomic E-state index is -4.08. The van der Waals surface area contributed by atoms with Crippen LogP contribution in [0, 0.1) is 11.3 Å². The van der Waals surface area contributed by atoms with Crippen molar-refractivity contribution in [2.24, 2.45) is 16.5 Å². The Morgan fingerprint density at radius 2 is 1.78 bits per heavy atom. The van der Waals surface area contributed by atoms with Crippen LogP contribution in [0.2, 0.25) is 0 Å². The monoisotopic (exact) mass is 775 g/mol. The number of aliphatic hydroxyl groups is 1. The fraction of sp³-hybridized carbons (Fsp3) is 0.410. The number of aromatic nitrogens is 2. The Hall–Kier alpha value is -4.70. The molecule has 3 atom stereocenters. The predicted molar refractivity (Wildman–Crippen MR) is 209 cm³/mol. The number of pyridine rings is 1. The standard InChI is InChI=1S/C39H49N7O6S2/c1-27(2)23-45(54(51,52)32-15-13-29(14-16-32)21-41-50)25-34(47)33(20-28-10-7-6-8-11-28)43-36(48)35(39(3,4)5)46-19-18-44(38(46)49)24-31-26-53-37(42-31)30-12-9-17-40-22-30/h6-17,21-22,26-27,33-35,47,50H,18-20,23-25H2,1-5H3,(H,43,48)/t33-,34+,35+/m0/s1. The molecule has 0 aliphatic carbocycles. The van der Waals surface area contributed by atoms with Crippen LogP contribution in [0.1, 0.15) is 51.4 Å². The number of nitrogens with one attached hydrogen (secondary N) is 1. The van der Waals surface area contributed by atoms with Crippen LogP contribution in [-0.4, -0.2) is 105 Å². The van der Waals surface area contributed by atoms with Gasteiger partial charge in [0.2, 0.25) is 15.9 Å². The molecule has 1 saturated heterocycles. The molecule has 2 aromatic carbocycles. The molecular formula is C39H49N7O6S2. The summed E-state index contributed by atoms with van der Waals surface area (Å²) in [6, 6.07) is 17.0. The molecule has 3 N–H and O–H groups in total. The van der Waals surface area contributed by atoms with Gasteiger partial charge in [0.15, 0.2) is 0 Å². The Bertz CT molecular complexity index is 1980. The zero-order valence-electron chi connectivity index (χ0n) is 31.2. The maximum Gasteiger partial charge on any atom is 0.321 e. The first-order chi connectivity index (χ1) is 25.7. The van der Waals surface area contributed by atoms with Crippen molar-refractivity contribution in [3.8, 4) is 10.6 Å². The van der Waals surface area contributed by atoms with Crippen molar-refractivity contribution in [1.29, 1.82) is 0 Å². The molecule has 1 fully saturated rings. The number of sulfonamides is 1. The van der Waals surface area contributed by atoms with Gasteiger partial charge in [-0.05, 0) is 53.1 Å². The maximum absolute atomic E-state index is 14.4. The maximum atomic E-state index is 14.4. The molecule has 54 heavy (non-hydrogen) atoms. The van der Waals surface area contributed by atoms with E-state index in [1.807, 2.05) is 82.5 Å². The van der Waals surface area contributed by atoms with Crippen LogP contribution in [0.5, 0.6) is 0 Å². The van der Waals surface area contributed by atoms with Crippen LogP contribution in [0.3, 0.4) is 0 Å². The van der Waals surface area contributed by atoms with E-state index >= 15 is 0 Å². The van der Waals surface area contributed by atoms with Crippen molar-refractivity contribution < 1.29 is 28.3 Å². The zero-order chi connectivity index (χ0) is 39.0. The quantitative estimate of drug-likeness (QED) is 0.0803. The third-order valence-electron chi connectivity index (χ3n) is 9.10. The van der Waals surface area contributed by atoms with E-state index in [0.29, 0.717) is 18.7 Å². The number of carbonyl (C=O) groups excluding carboxylic acids is 2. The average molecular weight is 776 g/mol. The van der Waals surface area contributed by atoms with Gasteiger partial charge in [0.1, 0.15) is 11.0 Å². The number of oxime groups is 1. The molecule has 0 radical (unpaired) electrons. The van der Waals surface area contributed by atoms with Crippen molar-refractivity contribution in [2.45, 2.75) is 70.7 Å². The van der Waals surface area contributed by atoms with Crippen molar-refractivity contribution in [3.63, 3.8) is 0 Å². The largest absolute Gasteiger partial charge is 0.411 e. The molecule has 1 aliphatic heterocycles. The minimum Gasteiger partial charge on any atom is -0.411 e. The molecule has 0 spiro atoms. The number of hydrogen-bond donors (Lipinski definition) is 3. The summed E-state index contributed by atoms with van der Waals surface area (Å²) in [6.45, 7) is 10.3. The molecule has 3 amide bonds. The zero-order valence-corrected chi connectivity index (χ0v) is 32.9. The van der Waals surface area contributed by atoms with E-state index in [1.54, 1.807) is 22.2 Å². The molecule has 4 aromatic rings. The highest BCUT2D eigenvalue weighted by atomic mass is 32.2. The Kier molecular flexibility index (Phi) is 13.2. The van der Waals surface area contributed by atoms with Gasteiger partial charge in [0, 0.05) is 49.5 Å². The summed E-state index contributed by atoms with van der Waals surface area (Å²) < 4.78 is 29.1. The van der Waals surface area contributed by atoms with Crippen molar-refractivity contribution in [1.82, 2.24) is 29.4 Å². The molecule has 0 saturated carbocycles. The molecule has 0 unspecified atom stereocenters. The van der Waals surface area contributed by atoms with Crippen LogP contribution in [0.15, 0.2) is 94.6 Å². The first-order valence-corrected chi connectivity index (χ1v) is 20.2. The number of nitrogens with zero attached hydrogens (tertiary/aromatic N) is 6. The number of benzene rings is 2. The van der Waals surface area contributed by atoms with Gasteiger partial charge in [-0.25, -0.2) is 18.2 Å². The summed E-state index contributed by atoms with van der Waals surface area (Å²) in [5.41, 5.74) is 2.31. The highest BCUT2D eigenvalue weighted by Crippen LogP contribution is 2.30. The summed E-state index contributed by atoms with van der Waals surface area (Å²) in [7, 11) is -4.08. The first kappa shape index (κ1) is 40.5. The fourth-order valence-electron chi connectivity index (χ4n) is 6.56. The molecule has 13 nitrogen and oxygen atoms in total. The molecule has 3 heterocycles. The van der Waals surface area contributed by atoms with E-state index in [1.165, 1.54) is 46.1 Å². The van der Waals surface area contributed by atoms with E-state index in [0.717, 1.165) is 21.8 Å². The van der Waals surface area contributed by atoms with Gasteiger partial charge in [-0.2, -0.15) is 4.31 Å². The van der Waals surface area contributed by atoms with Crippen LogP contribution < -0.4 is 5.32 Å². The summed E-state index contributed by atoms with van der Waals surface area (Å²) in [4.78, 5) is 40.5.